The number of hydrogen-bond donors (Lipinski definition) is 5. The molecule has 2 heterocycles. The van der Waals surface area contributed by atoms with Crippen molar-refractivity contribution in [3.8, 4) is 5.88 Å². The highest BCUT2D eigenvalue weighted by Gasteiger charge is 2.32. The molecule has 178 valence electrons. The maximum Gasteiger partial charge on any atom is 0.331 e. The smallest absolute Gasteiger partial charge is 0.331 e. The fourth-order valence-corrected chi connectivity index (χ4v) is 7.01. The number of hydrogen-bond acceptors (Lipinski definition) is 6. The van der Waals surface area contributed by atoms with E-state index in [1.54, 1.807) is 0 Å². The lowest BCUT2D eigenvalue weighted by atomic mass is 9.93. The average Bonchev–Trinajstić information content (AvgIpc) is 3.48. The summed E-state index contributed by atoms with van der Waals surface area (Å²) in [7, 11) is -7.95. The molecule has 1 atom stereocenters. The molecular weight excluding hydrogens is 469 g/mol. The molecule has 0 saturated heterocycles. The summed E-state index contributed by atoms with van der Waals surface area (Å²) in [6, 6.07) is -0.767. The van der Waals surface area contributed by atoms with E-state index >= 15 is 0 Å². The van der Waals surface area contributed by atoms with Crippen LogP contribution in [0, 0.1) is 4.78 Å². The number of nitrogens with zero attached hydrogens (tertiary/aromatic N) is 2. The molecular formula is C20H26N5O6PS. The van der Waals surface area contributed by atoms with Crippen LogP contribution in [0.3, 0.4) is 0 Å². The number of aromatic nitrogens is 2. The molecule has 1 aromatic carbocycles. The van der Waals surface area contributed by atoms with E-state index in [9.17, 15) is 23.4 Å². The van der Waals surface area contributed by atoms with Gasteiger partial charge in [-0.2, -0.15) is 5.10 Å². The highest BCUT2D eigenvalue weighted by molar-refractivity contribution is 7.91. The molecule has 2 aromatic rings. The Morgan fingerprint density at radius 3 is 2.42 bits per heavy atom. The summed E-state index contributed by atoms with van der Waals surface area (Å²) in [5.74, 6) is 0.241. The first-order valence-electron chi connectivity index (χ1n) is 10.9. The quantitative estimate of drug-likeness (QED) is 0.397. The molecule has 33 heavy (non-hydrogen) atoms. The van der Waals surface area contributed by atoms with Crippen LogP contribution < -0.4 is 14.8 Å². The molecule has 3 aliphatic rings. The van der Waals surface area contributed by atoms with Crippen molar-refractivity contribution in [1.29, 1.82) is 4.78 Å². The SMILES string of the molecule is N=S(=O)(NC(=O)Nc1c2c(c(CP(=O)(O)O)c3c1CCC3)CCC2)c1cnn2c1OCCC2. The minimum absolute atomic E-state index is 0.0322. The van der Waals surface area contributed by atoms with Gasteiger partial charge in [0.15, 0.2) is 9.92 Å². The zero-order valence-electron chi connectivity index (χ0n) is 17.9. The number of urea groups is 1. The van der Waals surface area contributed by atoms with Crippen molar-refractivity contribution in [2.45, 2.75) is 62.5 Å². The van der Waals surface area contributed by atoms with Gasteiger partial charge in [-0.1, -0.05) is 0 Å². The first kappa shape index (κ1) is 22.4. The van der Waals surface area contributed by atoms with Crippen molar-refractivity contribution in [3.05, 3.63) is 34.0 Å². The number of aryl methyl sites for hydroxylation is 1. The van der Waals surface area contributed by atoms with Crippen molar-refractivity contribution in [1.82, 2.24) is 14.5 Å². The van der Waals surface area contributed by atoms with Crippen LogP contribution >= 0.6 is 7.60 Å². The molecule has 2 amide bonds. The molecule has 1 aliphatic heterocycles. The van der Waals surface area contributed by atoms with Crippen molar-refractivity contribution < 1.29 is 28.1 Å². The van der Waals surface area contributed by atoms with Gasteiger partial charge in [0, 0.05) is 18.7 Å². The molecule has 2 aliphatic carbocycles. The van der Waals surface area contributed by atoms with E-state index in [2.05, 4.69) is 15.1 Å². The number of carbonyl (C=O) groups is 1. The molecule has 11 nitrogen and oxygen atoms in total. The fraction of sp³-hybridized carbons (Fsp3) is 0.500. The van der Waals surface area contributed by atoms with Crippen LogP contribution in [0.4, 0.5) is 10.5 Å². The summed E-state index contributed by atoms with van der Waals surface area (Å²) in [5, 5.41) is 6.92. The van der Waals surface area contributed by atoms with Gasteiger partial charge in [0.05, 0.1) is 19.0 Å². The number of carbonyl (C=O) groups excluding carboxylic acids is 1. The molecule has 5 N–H and O–H groups in total. The van der Waals surface area contributed by atoms with Crippen molar-refractivity contribution in [2.24, 2.45) is 0 Å². The molecule has 0 spiro atoms. The van der Waals surface area contributed by atoms with Crippen LogP contribution in [-0.4, -0.2) is 36.4 Å². The van der Waals surface area contributed by atoms with Crippen LogP contribution in [0.5, 0.6) is 5.88 Å². The zero-order valence-corrected chi connectivity index (χ0v) is 19.6. The Morgan fingerprint density at radius 2 is 1.79 bits per heavy atom. The second kappa shape index (κ2) is 8.12. The van der Waals surface area contributed by atoms with Gasteiger partial charge in [-0.3, -0.25) is 4.57 Å². The van der Waals surface area contributed by atoms with Crippen LogP contribution in [0.1, 0.15) is 47.1 Å². The number of rotatable bonds is 5. The Kier molecular flexibility index (Phi) is 5.51. The Morgan fingerprint density at radius 1 is 1.15 bits per heavy atom. The fourth-order valence-electron chi connectivity index (χ4n) is 5.18. The topological polar surface area (TPSA) is 167 Å². The van der Waals surface area contributed by atoms with Gasteiger partial charge in [-0.05, 0) is 66.3 Å². The maximum absolute atomic E-state index is 13.1. The molecule has 5 rings (SSSR count). The molecule has 0 bridgehead atoms. The van der Waals surface area contributed by atoms with E-state index in [0.717, 1.165) is 47.1 Å². The van der Waals surface area contributed by atoms with Crippen molar-refractivity contribution >= 4 is 29.2 Å². The van der Waals surface area contributed by atoms with Gasteiger partial charge in [-0.15, -0.1) is 0 Å². The Balaban J connectivity index is 1.45. The lowest BCUT2D eigenvalue weighted by molar-refractivity contribution is 0.224. The second-order valence-electron chi connectivity index (χ2n) is 8.65. The van der Waals surface area contributed by atoms with Gasteiger partial charge < -0.3 is 19.8 Å². The van der Waals surface area contributed by atoms with Gasteiger partial charge in [0.1, 0.15) is 4.90 Å². The Hall–Kier alpha value is -2.40. The van der Waals surface area contributed by atoms with Crippen LogP contribution in [-0.2, 0) is 52.9 Å². The summed E-state index contributed by atoms with van der Waals surface area (Å²) in [4.78, 5) is 32.1. The van der Waals surface area contributed by atoms with E-state index in [1.165, 1.54) is 10.9 Å². The van der Waals surface area contributed by atoms with Crippen molar-refractivity contribution in [3.63, 3.8) is 0 Å². The summed E-state index contributed by atoms with van der Waals surface area (Å²) < 4.78 is 42.5. The highest BCUT2D eigenvalue weighted by Crippen LogP contribution is 2.48. The number of amides is 2. The standard InChI is InChI=1S/C20H26N5O6PS/c21-33(30,17-10-22-25-8-3-9-31-19(17)25)24-20(26)23-18-14-6-1-4-12(14)16(11-32(27,28)29)13-5-2-7-15(13)18/h10H,1-9,11H2,(H2,27,28,29)(H3,21,23,24,26,30). The number of benzene rings is 1. The maximum atomic E-state index is 13.1. The lowest BCUT2D eigenvalue weighted by Crippen LogP contribution is -2.34. The molecule has 0 fully saturated rings. The van der Waals surface area contributed by atoms with Crippen LogP contribution in [0.2, 0.25) is 0 Å². The largest absolute Gasteiger partial charge is 0.477 e. The van der Waals surface area contributed by atoms with E-state index < -0.39 is 23.5 Å². The van der Waals surface area contributed by atoms with Gasteiger partial charge in [-0.25, -0.2) is 23.2 Å². The summed E-state index contributed by atoms with van der Waals surface area (Å²) in [6.45, 7) is 1.02. The predicted octanol–water partition coefficient (Wildman–Crippen LogP) is 2.46. The number of nitrogens with one attached hydrogen (secondary N) is 3. The molecule has 1 unspecified atom stereocenters. The Bertz CT molecular complexity index is 1260. The van der Waals surface area contributed by atoms with Crippen LogP contribution in [0.15, 0.2) is 11.1 Å². The first-order chi connectivity index (χ1) is 15.6. The monoisotopic (exact) mass is 495 g/mol. The highest BCUT2D eigenvalue weighted by atomic mass is 32.2. The number of ether oxygens (including phenoxy) is 1. The van der Waals surface area contributed by atoms with Gasteiger partial charge in [0.2, 0.25) is 5.88 Å². The molecule has 1 aromatic heterocycles. The van der Waals surface area contributed by atoms with E-state index in [1.807, 2.05) is 0 Å². The molecule has 13 heteroatoms. The molecule has 0 radical (unpaired) electrons. The minimum atomic E-state index is -4.24. The summed E-state index contributed by atoms with van der Waals surface area (Å²) in [6.07, 6.45) is 6.19. The van der Waals surface area contributed by atoms with Gasteiger partial charge in [0.25, 0.3) is 0 Å². The summed E-state index contributed by atoms with van der Waals surface area (Å²) >= 11 is 0. The number of fused-ring (bicyclic) bond motifs is 3. The normalized spacial score (nSPS) is 18.6. The van der Waals surface area contributed by atoms with Crippen LogP contribution in [0.25, 0.3) is 0 Å². The van der Waals surface area contributed by atoms with E-state index in [0.29, 0.717) is 44.5 Å². The molecule has 0 saturated carbocycles. The third-order valence-corrected chi connectivity index (χ3v) is 8.53. The minimum Gasteiger partial charge on any atom is -0.477 e. The lowest BCUT2D eigenvalue weighted by Gasteiger charge is -2.21. The zero-order chi connectivity index (χ0) is 23.4. The van der Waals surface area contributed by atoms with Gasteiger partial charge >= 0.3 is 13.6 Å². The predicted molar refractivity (Wildman–Crippen MR) is 120 cm³/mol. The third kappa shape index (κ3) is 4.16. The van der Waals surface area contributed by atoms with E-state index in [-0.39, 0.29) is 16.9 Å². The average molecular weight is 495 g/mol. The Labute approximate surface area is 191 Å². The van der Waals surface area contributed by atoms with E-state index in [4.69, 9.17) is 9.52 Å². The third-order valence-electron chi connectivity index (χ3n) is 6.43. The number of anilines is 1. The summed E-state index contributed by atoms with van der Waals surface area (Å²) in [5.41, 5.74) is 4.93. The second-order valence-corrected chi connectivity index (χ2v) is 12.1. The van der Waals surface area contributed by atoms with Crippen molar-refractivity contribution in [2.75, 3.05) is 11.9 Å². The first-order valence-corrected chi connectivity index (χ1v) is 14.3.